The quantitative estimate of drug-likeness (QED) is 0.405. The number of amides is 1. The van der Waals surface area contributed by atoms with Crippen molar-refractivity contribution in [3.8, 4) is 11.5 Å². The van der Waals surface area contributed by atoms with E-state index in [1.165, 1.54) is 14.2 Å². The molecule has 148 valence electrons. The molecule has 1 N–H and O–H groups in total. The highest BCUT2D eigenvalue weighted by atomic mass is 35.5. The van der Waals surface area contributed by atoms with E-state index in [1.54, 1.807) is 24.3 Å². The summed E-state index contributed by atoms with van der Waals surface area (Å²) in [5, 5.41) is 14.3. The molecule has 0 atom stereocenters. The van der Waals surface area contributed by atoms with Gasteiger partial charge in [0.15, 0.2) is 18.1 Å². The average molecular weight is 409 g/mol. The molecule has 2 aromatic rings. The Labute approximate surface area is 165 Å². The molecule has 0 unspecified atom stereocenters. The van der Waals surface area contributed by atoms with Crippen molar-refractivity contribution in [3.63, 3.8) is 0 Å². The summed E-state index contributed by atoms with van der Waals surface area (Å²) in [6.07, 6.45) is 0. The molecule has 0 saturated carbocycles. The number of carbonyl (C=O) groups excluding carboxylic acids is 2. The second kappa shape index (κ2) is 9.56. The second-order valence-electron chi connectivity index (χ2n) is 5.43. The van der Waals surface area contributed by atoms with Crippen molar-refractivity contribution in [1.29, 1.82) is 0 Å². The van der Waals surface area contributed by atoms with E-state index in [-0.39, 0.29) is 23.6 Å². The van der Waals surface area contributed by atoms with Gasteiger partial charge in [-0.05, 0) is 11.6 Å². The van der Waals surface area contributed by atoms with Gasteiger partial charge in [-0.1, -0.05) is 29.8 Å². The molecule has 0 bridgehead atoms. The summed E-state index contributed by atoms with van der Waals surface area (Å²) >= 11 is 5.99. The number of nitro benzene ring substituents is 1. The first-order valence-electron chi connectivity index (χ1n) is 7.95. The van der Waals surface area contributed by atoms with Crippen molar-refractivity contribution in [2.75, 3.05) is 20.8 Å². The van der Waals surface area contributed by atoms with Gasteiger partial charge in [-0.15, -0.1) is 0 Å². The minimum absolute atomic E-state index is 0.0863. The molecule has 0 aliphatic heterocycles. The number of benzene rings is 2. The van der Waals surface area contributed by atoms with E-state index in [9.17, 15) is 19.7 Å². The highest BCUT2D eigenvalue weighted by molar-refractivity contribution is 6.31. The van der Waals surface area contributed by atoms with Crippen molar-refractivity contribution in [1.82, 2.24) is 5.32 Å². The van der Waals surface area contributed by atoms with Crippen molar-refractivity contribution < 1.29 is 28.7 Å². The third-order valence-corrected chi connectivity index (χ3v) is 4.06. The Morgan fingerprint density at radius 1 is 1.14 bits per heavy atom. The first-order valence-corrected chi connectivity index (χ1v) is 8.32. The van der Waals surface area contributed by atoms with Gasteiger partial charge in [-0.3, -0.25) is 14.9 Å². The second-order valence-corrected chi connectivity index (χ2v) is 5.83. The van der Waals surface area contributed by atoms with Crippen molar-refractivity contribution >= 4 is 29.2 Å². The van der Waals surface area contributed by atoms with Gasteiger partial charge in [0.1, 0.15) is 5.56 Å². The Bertz CT molecular complexity index is 901. The topological polar surface area (TPSA) is 117 Å². The molecule has 0 heterocycles. The maximum Gasteiger partial charge on any atom is 0.345 e. The third kappa shape index (κ3) is 5.10. The molecule has 10 heteroatoms. The molecule has 28 heavy (non-hydrogen) atoms. The smallest absolute Gasteiger partial charge is 0.345 e. The molecule has 0 saturated heterocycles. The van der Waals surface area contributed by atoms with Gasteiger partial charge in [0.05, 0.1) is 25.2 Å². The SMILES string of the molecule is COc1cc(C(=O)OCC(=O)NCc2ccccc2Cl)c([N+](=O)[O-])cc1OC. The van der Waals surface area contributed by atoms with Crippen molar-refractivity contribution in [2.45, 2.75) is 6.54 Å². The third-order valence-electron chi connectivity index (χ3n) is 3.69. The van der Waals surface area contributed by atoms with Crippen LogP contribution in [0, 0.1) is 10.1 Å². The normalized spacial score (nSPS) is 10.1. The Kier molecular flexibility index (Phi) is 7.16. The largest absolute Gasteiger partial charge is 0.493 e. The first kappa shape index (κ1) is 21.0. The number of rotatable bonds is 8. The number of nitrogens with zero attached hydrogens (tertiary/aromatic N) is 1. The van der Waals surface area contributed by atoms with E-state index in [0.29, 0.717) is 10.6 Å². The van der Waals surface area contributed by atoms with Gasteiger partial charge in [0.25, 0.3) is 11.6 Å². The Morgan fingerprint density at radius 2 is 1.79 bits per heavy atom. The minimum atomic E-state index is -1.04. The number of ether oxygens (including phenoxy) is 3. The van der Waals surface area contributed by atoms with Crippen LogP contribution >= 0.6 is 11.6 Å². The minimum Gasteiger partial charge on any atom is -0.493 e. The van der Waals surface area contributed by atoms with Gasteiger partial charge in [0, 0.05) is 17.6 Å². The summed E-state index contributed by atoms with van der Waals surface area (Å²) in [7, 11) is 2.63. The van der Waals surface area contributed by atoms with Crippen LogP contribution in [0.4, 0.5) is 5.69 Å². The van der Waals surface area contributed by atoms with Gasteiger partial charge < -0.3 is 19.5 Å². The zero-order valence-electron chi connectivity index (χ0n) is 15.1. The van der Waals surface area contributed by atoms with E-state index >= 15 is 0 Å². The molecule has 0 aliphatic rings. The molecule has 2 aromatic carbocycles. The molecule has 0 aromatic heterocycles. The summed E-state index contributed by atoms with van der Waals surface area (Å²) in [4.78, 5) is 34.6. The lowest BCUT2D eigenvalue weighted by atomic mass is 10.1. The first-order chi connectivity index (χ1) is 13.4. The van der Waals surface area contributed by atoms with Crippen LogP contribution in [-0.4, -0.2) is 37.6 Å². The van der Waals surface area contributed by atoms with Crippen LogP contribution in [0.1, 0.15) is 15.9 Å². The Morgan fingerprint density at radius 3 is 2.39 bits per heavy atom. The predicted molar refractivity (Wildman–Crippen MR) is 99.8 cm³/mol. The van der Waals surface area contributed by atoms with E-state index in [1.807, 2.05) is 0 Å². The van der Waals surface area contributed by atoms with Crippen LogP contribution in [0.5, 0.6) is 11.5 Å². The fourth-order valence-corrected chi connectivity index (χ4v) is 2.48. The van der Waals surface area contributed by atoms with Crippen LogP contribution in [0.25, 0.3) is 0 Å². The zero-order valence-corrected chi connectivity index (χ0v) is 15.8. The number of carbonyl (C=O) groups is 2. The number of hydrogen-bond donors (Lipinski definition) is 1. The lowest BCUT2D eigenvalue weighted by Crippen LogP contribution is -2.28. The van der Waals surface area contributed by atoms with Crippen LogP contribution in [-0.2, 0) is 16.1 Å². The number of hydrogen-bond acceptors (Lipinski definition) is 7. The highest BCUT2D eigenvalue weighted by Gasteiger charge is 2.26. The fourth-order valence-electron chi connectivity index (χ4n) is 2.28. The monoisotopic (exact) mass is 408 g/mol. The van der Waals surface area contributed by atoms with Gasteiger partial charge in [-0.25, -0.2) is 4.79 Å². The number of nitro groups is 1. The number of esters is 1. The van der Waals surface area contributed by atoms with Gasteiger partial charge >= 0.3 is 5.97 Å². The maximum atomic E-state index is 12.2. The van der Waals surface area contributed by atoms with E-state index in [0.717, 1.165) is 12.1 Å². The zero-order chi connectivity index (χ0) is 20.7. The molecule has 0 radical (unpaired) electrons. The molecular formula is C18H17ClN2O7. The molecule has 2 rings (SSSR count). The van der Waals surface area contributed by atoms with Gasteiger partial charge in [-0.2, -0.15) is 0 Å². The summed E-state index contributed by atoms with van der Waals surface area (Å²) < 4.78 is 14.9. The Hall–Kier alpha value is -3.33. The van der Waals surface area contributed by atoms with Crippen LogP contribution in [0.15, 0.2) is 36.4 Å². The summed E-state index contributed by atoms with van der Waals surface area (Å²) in [6, 6.07) is 9.11. The number of nitrogens with one attached hydrogen (secondary N) is 1. The van der Waals surface area contributed by atoms with E-state index in [4.69, 9.17) is 25.8 Å². The maximum absolute atomic E-state index is 12.2. The fraction of sp³-hybridized carbons (Fsp3) is 0.222. The van der Waals surface area contributed by atoms with Crippen LogP contribution in [0.3, 0.4) is 0 Å². The van der Waals surface area contributed by atoms with E-state index in [2.05, 4.69) is 5.32 Å². The van der Waals surface area contributed by atoms with Crippen LogP contribution < -0.4 is 14.8 Å². The van der Waals surface area contributed by atoms with Gasteiger partial charge in [0.2, 0.25) is 0 Å². The molecule has 0 spiro atoms. The highest BCUT2D eigenvalue weighted by Crippen LogP contribution is 2.34. The molecule has 9 nitrogen and oxygen atoms in total. The summed E-state index contributed by atoms with van der Waals surface area (Å²) in [5.41, 5.74) is -0.194. The lowest BCUT2D eigenvalue weighted by Gasteiger charge is -2.11. The predicted octanol–water partition coefficient (Wildman–Crippen LogP) is 2.74. The summed E-state index contributed by atoms with van der Waals surface area (Å²) in [5.74, 6) is -1.43. The molecule has 0 aliphatic carbocycles. The standard InChI is InChI=1S/C18H17ClN2O7/c1-26-15-7-12(14(21(24)25)8-16(15)27-2)18(23)28-10-17(22)20-9-11-5-3-4-6-13(11)19/h3-8H,9-10H2,1-2H3,(H,20,22). The van der Waals surface area contributed by atoms with Crippen molar-refractivity contribution in [3.05, 3.63) is 62.7 Å². The Balaban J connectivity index is 2.05. The number of halogens is 1. The molecular weight excluding hydrogens is 392 g/mol. The van der Waals surface area contributed by atoms with Crippen LogP contribution in [0.2, 0.25) is 5.02 Å². The molecule has 0 fully saturated rings. The summed E-state index contributed by atoms with van der Waals surface area (Å²) in [6.45, 7) is -0.471. The van der Waals surface area contributed by atoms with E-state index < -0.39 is 29.1 Å². The average Bonchev–Trinajstić information content (AvgIpc) is 2.70. The molecule has 1 amide bonds. The lowest BCUT2D eigenvalue weighted by molar-refractivity contribution is -0.385. The number of methoxy groups -OCH3 is 2. The van der Waals surface area contributed by atoms with Crippen molar-refractivity contribution in [2.24, 2.45) is 0 Å².